The van der Waals surface area contributed by atoms with Crippen LogP contribution in [-0.4, -0.2) is 25.9 Å². The fourth-order valence-electron chi connectivity index (χ4n) is 1.94. The molecule has 0 saturated heterocycles. The van der Waals surface area contributed by atoms with Crippen molar-refractivity contribution in [1.29, 1.82) is 0 Å². The van der Waals surface area contributed by atoms with Crippen LogP contribution in [0.5, 0.6) is 0 Å². The minimum atomic E-state index is -3.48. The quantitative estimate of drug-likeness (QED) is 0.809. The highest BCUT2D eigenvalue weighted by Crippen LogP contribution is 2.32. The van der Waals surface area contributed by atoms with E-state index in [4.69, 9.17) is 11.6 Å². The van der Waals surface area contributed by atoms with Crippen molar-refractivity contribution in [3.63, 3.8) is 0 Å². The summed E-state index contributed by atoms with van der Waals surface area (Å²) in [6.07, 6.45) is 2.80. The van der Waals surface area contributed by atoms with Crippen LogP contribution in [0.1, 0.15) is 30.9 Å². The molecule has 4 nitrogen and oxygen atoms in total. The Hall–Kier alpha value is -0.690. The summed E-state index contributed by atoms with van der Waals surface area (Å²) in [6, 6.07) is 3.11. The summed E-state index contributed by atoms with van der Waals surface area (Å²) in [7, 11) is -3.48. The van der Waals surface area contributed by atoms with Gasteiger partial charge in [0, 0.05) is 0 Å². The average molecular weight is 322 g/mol. The molecule has 112 valence electrons. The van der Waals surface area contributed by atoms with Crippen LogP contribution in [0.2, 0.25) is 5.02 Å². The van der Waals surface area contributed by atoms with E-state index in [-0.39, 0.29) is 10.8 Å². The van der Waals surface area contributed by atoms with Gasteiger partial charge in [-0.05, 0) is 30.0 Å². The fraction of sp³-hybridized carbons (Fsp3) is 0.538. The highest BCUT2D eigenvalue weighted by Gasteiger charge is 2.25. The van der Waals surface area contributed by atoms with Gasteiger partial charge in [-0.3, -0.25) is 0 Å². The van der Waals surface area contributed by atoms with E-state index in [1.54, 1.807) is 0 Å². The Bertz CT molecular complexity index is 575. The molecule has 1 saturated carbocycles. The number of aliphatic hydroxyl groups is 1. The van der Waals surface area contributed by atoms with Crippen LogP contribution < -0.4 is 4.72 Å². The van der Waals surface area contributed by atoms with Gasteiger partial charge in [0.15, 0.2) is 0 Å². The number of hydrogen-bond acceptors (Lipinski definition) is 3. The van der Waals surface area contributed by atoms with E-state index in [0.29, 0.717) is 17.9 Å². The molecule has 2 rings (SSSR count). The molecule has 0 aromatic heterocycles. The molecule has 1 aliphatic rings. The zero-order chi connectivity index (χ0) is 14.8. The third kappa shape index (κ3) is 4.41. The Morgan fingerprint density at radius 1 is 1.45 bits per heavy atom. The first kappa shape index (κ1) is 15.7. The topological polar surface area (TPSA) is 66.4 Å². The molecule has 1 aliphatic carbocycles. The van der Waals surface area contributed by atoms with Gasteiger partial charge in [-0.1, -0.05) is 30.5 Å². The lowest BCUT2D eigenvalue weighted by molar-refractivity contribution is 0.258. The van der Waals surface area contributed by atoms with Gasteiger partial charge in [0.25, 0.3) is 0 Å². The molecule has 1 fully saturated rings. The van der Waals surface area contributed by atoms with E-state index in [9.17, 15) is 17.9 Å². The number of aliphatic hydroxyl groups excluding tert-OH is 1. The number of nitrogens with one attached hydrogen (secondary N) is 1. The van der Waals surface area contributed by atoms with Gasteiger partial charge in [-0.25, -0.2) is 17.5 Å². The van der Waals surface area contributed by atoms with Gasteiger partial charge in [0.1, 0.15) is 5.82 Å². The summed E-state index contributed by atoms with van der Waals surface area (Å²) in [5.41, 5.74) is 0.351. The maximum Gasteiger partial charge on any atom is 0.212 e. The number of rotatable bonds is 7. The van der Waals surface area contributed by atoms with Gasteiger partial charge in [0.05, 0.1) is 23.4 Å². The number of halogens is 2. The van der Waals surface area contributed by atoms with E-state index >= 15 is 0 Å². The van der Waals surface area contributed by atoms with Crippen LogP contribution in [0, 0.1) is 11.7 Å². The largest absolute Gasteiger partial charge is 0.394 e. The molecule has 0 radical (unpaired) electrons. The molecule has 1 aromatic rings. The zero-order valence-electron chi connectivity index (χ0n) is 10.9. The minimum Gasteiger partial charge on any atom is -0.394 e. The van der Waals surface area contributed by atoms with E-state index in [2.05, 4.69) is 4.72 Å². The maximum atomic E-state index is 13.4. The molecule has 20 heavy (non-hydrogen) atoms. The summed E-state index contributed by atoms with van der Waals surface area (Å²) in [6.45, 7) is -0.441. The van der Waals surface area contributed by atoms with Crippen LogP contribution in [0.3, 0.4) is 0 Å². The van der Waals surface area contributed by atoms with Crippen molar-refractivity contribution in [3.8, 4) is 0 Å². The van der Waals surface area contributed by atoms with Crippen molar-refractivity contribution in [2.75, 3.05) is 12.4 Å². The van der Waals surface area contributed by atoms with Crippen LogP contribution in [-0.2, 0) is 10.0 Å². The molecule has 0 spiro atoms. The normalized spacial score (nSPS) is 17.1. The van der Waals surface area contributed by atoms with Crippen LogP contribution in [0.25, 0.3) is 0 Å². The van der Waals surface area contributed by atoms with E-state index in [1.807, 2.05) is 0 Å². The smallest absolute Gasteiger partial charge is 0.212 e. The maximum absolute atomic E-state index is 13.4. The summed E-state index contributed by atoms with van der Waals surface area (Å²) >= 11 is 5.58. The number of sulfonamides is 1. The lowest BCUT2D eigenvalue weighted by Crippen LogP contribution is -2.32. The molecule has 7 heteroatoms. The summed E-state index contributed by atoms with van der Waals surface area (Å²) in [5.74, 6) is -0.100. The fourth-order valence-corrected chi connectivity index (χ4v) is 3.47. The third-order valence-corrected chi connectivity index (χ3v) is 5.07. The molecule has 1 atom stereocenters. The first-order chi connectivity index (χ1) is 9.41. The predicted octanol–water partition coefficient (Wildman–Crippen LogP) is 2.23. The third-order valence-electron chi connectivity index (χ3n) is 3.34. The van der Waals surface area contributed by atoms with Crippen molar-refractivity contribution in [3.05, 3.63) is 34.6 Å². The Morgan fingerprint density at radius 3 is 2.70 bits per heavy atom. The SMILES string of the molecule is O=S(=O)(CCC1CC1)NC(CO)c1ccc(Cl)c(F)c1. The summed E-state index contributed by atoms with van der Waals surface area (Å²) in [4.78, 5) is 0. The summed E-state index contributed by atoms with van der Waals surface area (Å²) in [5, 5.41) is 9.27. The monoisotopic (exact) mass is 321 g/mol. The van der Waals surface area contributed by atoms with Crippen LogP contribution in [0.4, 0.5) is 4.39 Å². The standard InChI is InChI=1S/C13H17ClFNO3S/c14-11-4-3-10(7-12(11)15)13(8-17)16-20(18,19)6-5-9-1-2-9/h3-4,7,9,13,16-17H,1-2,5-6,8H2. The second-order valence-electron chi connectivity index (χ2n) is 5.08. The van der Waals surface area contributed by atoms with Crippen molar-refractivity contribution in [2.24, 2.45) is 5.92 Å². The Morgan fingerprint density at radius 2 is 2.15 bits per heavy atom. The van der Waals surface area contributed by atoms with Crippen molar-refractivity contribution in [1.82, 2.24) is 4.72 Å². The Labute approximate surface area is 123 Å². The second-order valence-corrected chi connectivity index (χ2v) is 7.36. The van der Waals surface area contributed by atoms with Crippen LogP contribution >= 0.6 is 11.6 Å². The highest BCUT2D eigenvalue weighted by molar-refractivity contribution is 7.89. The van der Waals surface area contributed by atoms with Crippen LogP contribution in [0.15, 0.2) is 18.2 Å². The lowest BCUT2D eigenvalue weighted by atomic mass is 10.1. The van der Waals surface area contributed by atoms with E-state index in [1.165, 1.54) is 12.1 Å². The molecule has 0 amide bonds. The lowest BCUT2D eigenvalue weighted by Gasteiger charge is -2.17. The van der Waals surface area contributed by atoms with Gasteiger partial charge in [0.2, 0.25) is 10.0 Å². The number of hydrogen-bond donors (Lipinski definition) is 2. The minimum absolute atomic E-state index is 0.0320. The molecule has 2 N–H and O–H groups in total. The van der Waals surface area contributed by atoms with Crippen molar-refractivity contribution in [2.45, 2.75) is 25.3 Å². The zero-order valence-corrected chi connectivity index (χ0v) is 12.4. The predicted molar refractivity (Wildman–Crippen MR) is 75.5 cm³/mol. The Kier molecular flexibility index (Phi) is 5.01. The van der Waals surface area contributed by atoms with Gasteiger partial charge >= 0.3 is 0 Å². The molecule has 0 heterocycles. The highest BCUT2D eigenvalue weighted by atomic mass is 35.5. The second kappa shape index (κ2) is 6.39. The first-order valence-corrected chi connectivity index (χ1v) is 8.50. The molecule has 1 unspecified atom stereocenters. The first-order valence-electron chi connectivity index (χ1n) is 6.47. The average Bonchev–Trinajstić information content (AvgIpc) is 3.21. The Balaban J connectivity index is 2.04. The van der Waals surface area contributed by atoms with Gasteiger partial charge < -0.3 is 5.11 Å². The van der Waals surface area contributed by atoms with Crippen molar-refractivity contribution < 1.29 is 17.9 Å². The van der Waals surface area contributed by atoms with Crippen molar-refractivity contribution >= 4 is 21.6 Å². The van der Waals surface area contributed by atoms with E-state index in [0.717, 1.165) is 18.9 Å². The molecular weight excluding hydrogens is 305 g/mol. The van der Waals surface area contributed by atoms with E-state index < -0.39 is 28.5 Å². The number of benzene rings is 1. The summed E-state index contributed by atoms with van der Waals surface area (Å²) < 4.78 is 39.6. The molecular formula is C13H17ClFNO3S. The van der Waals surface area contributed by atoms with Gasteiger partial charge in [-0.2, -0.15) is 0 Å². The molecule has 1 aromatic carbocycles. The van der Waals surface area contributed by atoms with Gasteiger partial charge in [-0.15, -0.1) is 0 Å². The molecule has 0 aliphatic heterocycles. The molecule has 0 bridgehead atoms.